The number of rotatable bonds is 4. The molecule has 1 aromatic rings. The average molecular weight is 263 g/mol. The summed E-state index contributed by atoms with van der Waals surface area (Å²) in [6.07, 6.45) is 3.47. The van der Waals surface area contributed by atoms with E-state index in [1.807, 2.05) is 12.1 Å². The van der Waals surface area contributed by atoms with Gasteiger partial charge in [-0.25, -0.2) is 0 Å². The third-order valence-electron chi connectivity index (χ3n) is 4.10. The minimum absolute atomic E-state index is 0.427. The van der Waals surface area contributed by atoms with E-state index in [9.17, 15) is 5.11 Å². The normalized spacial score (nSPS) is 22.2. The zero-order valence-electron chi connectivity index (χ0n) is 12.2. The molecule has 2 rings (SSSR count). The summed E-state index contributed by atoms with van der Waals surface area (Å²) in [5.41, 5.74) is 2.13. The predicted octanol–water partition coefficient (Wildman–Crippen LogP) is 3.12. The van der Waals surface area contributed by atoms with Crippen molar-refractivity contribution in [3.8, 4) is 5.75 Å². The number of aliphatic hydroxyl groups is 1. The highest BCUT2D eigenvalue weighted by molar-refractivity contribution is 5.38. The lowest BCUT2D eigenvalue weighted by Crippen LogP contribution is -2.36. The van der Waals surface area contributed by atoms with Gasteiger partial charge < -0.3 is 9.84 Å². The van der Waals surface area contributed by atoms with E-state index in [1.54, 1.807) is 14.0 Å². The number of ether oxygens (including phenoxy) is 1. The summed E-state index contributed by atoms with van der Waals surface area (Å²) in [6.45, 7) is 6.16. The van der Waals surface area contributed by atoms with Crippen LogP contribution in [0.25, 0.3) is 0 Å². The Bertz CT molecular complexity index is 417. The summed E-state index contributed by atoms with van der Waals surface area (Å²) in [5.74, 6) is 0.919. The van der Waals surface area contributed by atoms with Crippen molar-refractivity contribution in [2.24, 2.45) is 0 Å². The fourth-order valence-electron chi connectivity index (χ4n) is 2.79. The molecular weight excluding hydrogens is 238 g/mol. The first-order valence-electron chi connectivity index (χ1n) is 7.20. The number of methoxy groups -OCH3 is 1. The van der Waals surface area contributed by atoms with E-state index >= 15 is 0 Å². The second-order valence-electron chi connectivity index (χ2n) is 5.56. The quantitative estimate of drug-likeness (QED) is 0.906. The number of aliphatic hydroxyl groups excluding tert-OH is 1. The molecule has 19 heavy (non-hydrogen) atoms. The Kier molecular flexibility index (Phi) is 4.83. The van der Waals surface area contributed by atoms with Crippen molar-refractivity contribution in [1.29, 1.82) is 0 Å². The van der Waals surface area contributed by atoms with Crippen molar-refractivity contribution in [1.82, 2.24) is 4.90 Å². The summed E-state index contributed by atoms with van der Waals surface area (Å²) in [5, 5.41) is 9.72. The second kappa shape index (κ2) is 6.40. The number of benzene rings is 1. The largest absolute Gasteiger partial charge is 0.496 e. The molecule has 0 radical (unpaired) electrons. The van der Waals surface area contributed by atoms with E-state index in [4.69, 9.17) is 4.74 Å². The second-order valence-corrected chi connectivity index (χ2v) is 5.56. The first-order chi connectivity index (χ1) is 9.11. The van der Waals surface area contributed by atoms with Gasteiger partial charge in [-0.2, -0.15) is 0 Å². The minimum Gasteiger partial charge on any atom is -0.496 e. The summed E-state index contributed by atoms with van der Waals surface area (Å²) in [7, 11) is 1.71. The lowest BCUT2D eigenvalue weighted by molar-refractivity contribution is 0.150. The van der Waals surface area contributed by atoms with E-state index in [2.05, 4.69) is 17.9 Å². The molecule has 2 unspecified atom stereocenters. The van der Waals surface area contributed by atoms with Gasteiger partial charge in [-0.15, -0.1) is 0 Å². The molecule has 0 aliphatic carbocycles. The third-order valence-corrected chi connectivity index (χ3v) is 4.10. The van der Waals surface area contributed by atoms with Gasteiger partial charge in [-0.3, -0.25) is 4.90 Å². The van der Waals surface area contributed by atoms with Crippen LogP contribution in [0.5, 0.6) is 5.75 Å². The van der Waals surface area contributed by atoms with Gasteiger partial charge in [0.05, 0.1) is 13.2 Å². The molecule has 1 N–H and O–H groups in total. The van der Waals surface area contributed by atoms with Crippen LogP contribution >= 0.6 is 0 Å². The molecule has 1 fully saturated rings. The van der Waals surface area contributed by atoms with Gasteiger partial charge in [0.15, 0.2) is 0 Å². The van der Waals surface area contributed by atoms with Crippen LogP contribution in [0.1, 0.15) is 50.3 Å². The number of hydrogen-bond donors (Lipinski definition) is 1. The fraction of sp³-hybridized carbons (Fsp3) is 0.625. The lowest BCUT2D eigenvalue weighted by Gasteiger charge is -2.33. The van der Waals surface area contributed by atoms with Gasteiger partial charge in [-0.1, -0.05) is 12.5 Å². The van der Waals surface area contributed by atoms with Crippen molar-refractivity contribution < 1.29 is 9.84 Å². The van der Waals surface area contributed by atoms with Crippen LogP contribution in [0.2, 0.25) is 0 Å². The average Bonchev–Trinajstić information content (AvgIpc) is 2.41. The van der Waals surface area contributed by atoms with Crippen molar-refractivity contribution in [3.63, 3.8) is 0 Å². The Morgan fingerprint density at radius 3 is 2.84 bits per heavy atom. The molecule has 0 spiro atoms. The zero-order chi connectivity index (χ0) is 13.8. The maximum absolute atomic E-state index is 9.72. The van der Waals surface area contributed by atoms with Crippen LogP contribution in [0.15, 0.2) is 18.2 Å². The SMILES string of the molecule is COc1ccc(C(C)O)cc1CN1CCCCC1C. The van der Waals surface area contributed by atoms with Gasteiger partial charge in [0.25, 0.3) is 0 Å². The van der Waals surface area contributed by atoms with Crippen LogP contribution in [0.4, 0.5) is 0 Å². The monoisotopic (exact) mass is 263 g/mol. The van der Waals surface area contributed by atoms with Gasteiger partial charge in [0.2, 0.25) is 0 Å². The Balaban J connectivity index is 2.19. The molecule has 3 heteroatoms. The molecule has 1 saturated heterocycles. The fourth-order valence-corrected chi connectivity index (χ4v) is 2.79. The van der Waals surface area contributed by atoms with Crippen molar-refractivity contribution >= 4 is 0 Å². The van der Waals surface area contributed by atoms with E-state index in [0.29, 0.717) is 6.04 Å². The van der Waals surface area contributed by atoms with Crippen LogP contribution in [0.3, 0.4) is 0 Å². The summed E-state index contributed by atoms with van der Waals surface area (Å²) >= 11 is 0. The van der Waals surface area contributed by atoms with Gasteiger partial charge in [-0.05, 0) is 50.9 Å². The minimum atomic E-state index is -0.427. The Morgan fingerprint density at radius 1 is 1.42 bits per heavy atom. The molecule has 0 bridgehead atoms. The number of piperidine rings is 1. The Labute approximate surface area is 116 Å². The van der Waals surface area contributed by atoms with Crippen molar-refractivity contribution in [3.05, 3.63) is 29.3 Å². The molecule has 1 aliphatic rings. The molecule has 106 valence electrons. The van der Waals surface area contributed by atoms with Crippen LogP contribution in [-0.2, 0) is 6.54 Å². The van der Waals surface area contributed by atoms with Crippen molar-refractivity contribution in [2.75, 3.05) is 13.7 Å². The summed E-state index contributed by atoms with van der Waals surface area (Å²) in [4.78, 5) is 2.51. The van der Waals surface area contributed by atoms with Gasteiger partial charge in [0, 0.05) is 18.2 Å². The third kappa shape index (κ3) is 3.48. The maximum atomic E-state index is 9.72. The van der Waals surface area contributed by atoms with Gasteiger partial charge in [0.1, 0.15) is 5.75 Å². The van der Waals surface area contributed by atoms with Crippen LogP contribution in [0, 0.1) is 0 Å². The van der Waals surface area contributed by atoms with E-state index in [0.717, 1.165) is 24.4 Å². The van der Waals surface area contributed by atoms with Gasteiger partial charge >= 0.3 is 0 Å². The first-order valence-corrected chi connectivity index (χ1v) is 7.20. The van der Waals surface area contributed by atoms with Crippen LogP contribution in [-0.4, -0.2) is 29.7 Å². The maximum Gasteiger partial charge on any atom is 0.123 e. The molecule has 0 amide bonds. The summed E-state index contributed by atoms with van der Waals surface area (Å²) in [6, 6.07) is 6.61. The topological polar surface area (TPSA) is 32.7 Å². The first kappa shape index (κ1) is 14.4. The molecular formula is C16H25NO2. The highest BCUT2D eigenvalue weighted by atomic mass is 16.5. The lowest BCUT2D eigenvalue weighted by atomic mass is 10.0. The van der Waals surface area contributed by atoms with Crippen molar-refractivity contribution in [2.45, 2.75) is 51.8 Å². The number of likely N-dealkylation sites (tertiary alicyclic amines) is 1. The standard InChI is InChI=1S/C16H25NO2/c1-12-6-4-5-9-17(12)11-15-10-14(13(2)18)7-8-16(15)19-3/h7-8,10,12-13,18H,4-6,9,11H2,1-3H3. The highest BCUT2D eigenvalue weighted by Crippen LogP contribution is 2.27. The van der Waals surface area contributed by atoms with E-state index in [-0.39, 0.29) is 0 Å². The predicted molar refractivity (Wildman–Crippen MR) is 77.4 cm³/mol. The molecule has 1 aliphatic heterocycles. The molecule has 1 heterocycles. The smallest absolute Gasteiger partial charge is 0.123 e. The Morgan fingerprint density at radius 2 is 2.21 bits per heavy atom. The van der Waals surface area contributed by atoms with Crippen LogP contribution < -0.4 is 4.74 Å². The number of hydrogen-bond acceptors (Lipinski definition) is 3. The highest BCUT2D eigenvalue weighted by Gasteiger charge is 2.20. The number of nitrogens with zero attached hydrogens (tertiary/aromatic N) is 1. The molecule has 3 nitrogen and oxygen atoms in total. The molecule has 0 aromatic heterocycles. The zero-order valence-corrected chi connectivity index (χ0v) is 12.2. The molecule has 2 atom stereocenters. The molecule has 1 aromatic carbocycles. The Hall–Kier alpha value is -1.06. The summed E-state index contributed by atoms with van der Waals surface area (Å²) < 4.78 is 5.45. The van der Waals surface area contributed by atoms with E-state index in [1.165, 1.54) is 24.8 Å². The van der Waals surface area contributed by atoms with E-state index < -0.39 is 6.10 Å². The molecule has 0 saturated carbocycles.